The van der Waals surface area contributed by atoms with Crippen molar-refractivity contribution in [3.63, 3.8) is 0 Å². The molecule has 1 aliphatic rings. The van der Waals surface area contributed by atoms with Crippen LogP contribution in [-0.4, -0.2) is 53.4 Å². The van der Waals surface area contributed by atoms with Crippen LogP contribution in [0.5, 0.6) is 5.88 Å². The van der Waals surface area contributed by atoms with E-state index in [9.17, 15) is 4.79 Å². The summed E-state index contributed by atoms with van der Waals surface area (Å²) in [5.41, 5.74) is 0.243. The molecule has 1 aromatic heterocycles. The van der Waals surface area contributed by atoms with E-state index in [1.165, 1.54) is 0 Å². The maximum absolute atomic E-state index is 12.2. The first-order valence-electron chi connectivity index (χ1n) is 8.78. The van der Waals surface area contributed by atoms with Crippen LogP contribution in [0.4, 0.5) is 4.79 Å². The number of hydrogen-bond acceptors (Lipinski definition) is 6. The van der Waals surface area contributed by atoms with Crippen molar-refractivity contribution in [1.82, 2.24) is 14.9 Å². The Kier molecular flexibility index (Phi) is 6.99. The van der Waals surface area contributed by atoms with Crippen molar-refractivity contribution in [2.75, 3.05) is 26.8 Å². The number of likely N-dealkylation sites (tertiary alicyclic amines) is 1. The summed E-state index contributed by atoms with van der Waals surface area (Å²) >= 11 is 0. The number of hydrogen-bond donors (Lipinski definition) is 0. The SMILES string of the molecule is COc1nccnc1COCCC1CCCN(C(=O)OC(C)(C)C)C1. The molecule has 2 rings (SSSR count). The third-order valence-electron chi connectivity index (χ3n) is 4.01. The molecule has 0 N–H and O–H groups in total. The Morgan fingerprint density at radius 1 is 1.32 bits per heavy atom. The molecule has 0 aromatic carbocycles. The van der Waals surface area contributed by atoms with E-state index < -0.39 is 5.60 Å². The Labute approximate surface area is 149 Å². The van der Waals surface area contributed by atoms with Gasteiger partial charge in [0, 0.05) is 32.1 Å². The minimum absolute atomic E-state index is 0.220. The van der Waals surface area contributed by atoms with Crippen molar-refractivity contribution < 1.29 is 19.0 Å². The lowest BCUT2D eigenvalue weighted by atomic mass is 9.95. The van der Waals surface area contributed by atoms with Gasteiger partial charge in [0.1, 0.15) is 11.3 Å². The van der Waals surface area contributed by atoms with Gasteiger partial charge in [-0.3, -0.25) is 4.98 Å². The van der Waals surface area contributed by atoms with E-state index in [1.807, 2.05) is 25.7 Å². The van der Waals surface area contributed by atoms with Crippen LogP contribution >= 0.6 is 0 Å². The molecular formula is C18H29N3O4. The second kappa shape index (κ2) is 8.99. The van der Waals surface area contributed by atoms with Gasteiger partial charge in [-0.25, -0.2) is 9.78 Å². The highest BCUT2D eigenvalue weighted by Crippen LogP contribution is 2.22. The molecule has 1 aliphatic heterocycles. The van der Waals surface area contributed by atoms with Crippen LogP contribution < -0.4 is 4.74 Å². The highest BCUT2D eigenvalue weighted by Gasteiger charge is 2.27. The molecular weight excluding hydrogens is 322 g/mol. The van der Waals surface area contributed by atoms with Gasteiger partial charge >= 0.3 is 6.09 Å². The molecule has 0 bridgehead atoms. The quantitative estimate of drug-likeness (QED) is 0.734. The molecule has 0 spiro atoms. The van der Waals surface area contributed by atoms with Crippen molar-refractivity contribution in [2.24, 2.45) is 5.92 Å². The number of methoxy groups -OCH3 is 1. The van der Waals surface area contributed by atoms with Gasteiger partial charge in [0.05, 0.1) is 13.7 Å². The van der Waals surface area contributed by atoms with E-state index in [0.717, 1.165) is 32.4 Å². The first kappa shape index (κ1) is 19.4. The summed E-state index contributed by atoms with van der Waals surface area (Å²) in [4.78, 5) is 22.3. The number of piperidine rings is 1. The third kappa shape index (κ3) is 6.49. The van der Waals surface area contributed by atoms with Crippen LogP contribution in [0, 0.1) is 5.92 Å². The van der Waals surface area contributed by atoms with Crippen LogP contribution in [0.1, 0.15) is 45.7 Å². The fourth-order valence-corrected chi connectivity index (χ4v) is 2.84. The third-order valence-corrected chi connectivity index (χ3v) is 4.01. The molecule has 25 heavy (non-hydrogen) atoms. The van der Waals surface area contributed by atoms with E-state index in [-0.39, 0.29) is 6.09 Å². The summed E-state index contributed by atoms with van der Waals surface area (Å²) < 4.78 is 16.3. The molecule has 1 aromatic rings. The van der Waals surface area contributed by atoms with Crippen molar-refractivity contribution in [3.8, 4) is 5.88 Å². The summed E-state index contributed by atoms with van der Waals surface area (Å²) in [6.07, 6.45) is 6.01. The van der Waals surface area contributed by atoms with Crippen LogP contribution in [0.25, 0.3) is 0 Å². The van der Waals surface area contributed by atoms with Gasteiger partial charge < -0.3 is 19.1 Å². The zero-order chi connectivity index (χ0) is 18.3. The van der Waals surface area contributed by atoms with Gasteiger partial charge in [0.25, 0.3) is 0 Å². The van der Waals surface area contributed by atoms with E-state index >= 15 is 0 Å². The average Bonchev–Trinajstić information content (AvgIpc) is 2.58. The van der Waals surface area contributed by atoms with Gasteiger partial charge in [0.2, 0.25) is 5.88 Å². The molecule has 7 heteroatoms. The highest BCUT2D eigenvalue weighted by atomic mass is 16.6. The zero-order valence-electron chi connectivity index (χ0n) is 15.7. The monoisotopic (exact) mass is 351 g/mol. The predicted molar refractivity (Wildman–Crippen MR) is 93.4 cm³/mol. The number of ether oxygens (including phenoxy) is 3. The summed E-state index contributed by atoms with van der Waals surface area (Å²) in [7, 11) is 1.57. The maximum Gasteiger partial charge on any atom is 0.410 e. The van der Waals surface area contributed by atoms with Crippen LogP contribution in [0.2, 0.25) is 0 Å². The smallest absolute Gasteiger partial charge is 0.410 e. The lowest BCUT2D eigenvalue weighted by Crippen LogP contribution is -2.43. The molecule has 2 heterocycles. The Morgan fingerprint density at radius 2 is 2.08 bits per heavy atom. The molecule has 0 saturated carbocycles. The summed E-state index contributed by atoms with van der Waals surface area (Å²) in [6, 6.07) is 0. The summed E-state index contributed by atoms with van der Waals surface area (Å²) in [6.45, 7) is 8.16. The van der Waals surface area contributed by atoms with Crippen molar-refractivity contribution in [2.45, 2.75) is 52.2 Å². The topological polar surface area (TPSA) is 73.8 Å². The van der Waals surface area contributed by atoms with E-state index in [0.29, 0.717) is 30.7 Å². The van der Waals surface area contributed by atoms with Gasteiger partial charge in [-0.2, -0.15) is 0 Å². The largest absolute Gasteiger partial charge is 0.480 e. The van der Waals surface area contributed by atoms with Gasteiger partial charge in [-0.05, 0) is 46.0 Å². The summed E-state index contributed by atoms with van der Waals surface area (Å²) in [5, 5.41) is 0. The lowest BCUT2D eigenvalue weighted by molar-refractivity contribution is 0.0134. The van der Waals surface area contributed by atoms with Crippen molar-refractivity contribution in [1.29, 1.82) is 0 Å². The maximum atomic E-state index is 12.2. The van der Waals surface area contributed by atoms with Crippen LogP contribution in [0.3, 0.4) is 0 Å². The number of rotatable bonds is 6. The zero-order valence-corrected chi connectivity index (χ0v) is 15.7. The second-order valence-electron chi connectivity index (χ2n) is 7.29. The minimum atomic E-state index is -0.455. The average molecular weight is 351 g/mol. The number of nitrogens with zero attached hydrogens (tertiary/aromatic N) is 3. The van der Waals surface area contributed by atoms with E-state index in [1.54, 1.807) is 19.5 Å². The van der Waals surface area contributed by atoms with Gasteiger partial charge in [0.15, 0.2) is 0 Å². The second-order valence-corrected chi connectivity index (χ2v) is 7.29. The fraction of sp³-hybridized carbons (Fsp3) is 0.722. The molecule has 1 atom stereocenters. The predicted octanol–water partition coefficient (Wildman–Crippen LogP) is 3.04. The molecule has 1 fully saturated rings. The Morgan fingerprint density at radius 3 is 2.80 bits per heavy atom. The van der Waals surface area contributed by atoms with Crippen molar-refractivity contribution >= 4 is 6.09 Å². The summed E-state index contributed by atoms with van der Waals surface area (Å²) in [5.74, 6) is 0.932. The minimum Gasteiger partial charge on any atom is -0.480 e. The number of amides is 1. The molecule has 1 saturated heterocycles. The molecule has 140 valence electrons. The van der Waals surface area contributed by atoms with E-state index in [2.05, 4.69) is 9.97 Å². The highest BCUT2D eigenvalue weighted by molar-refractivity contribution is 5.68. The van der Waals surface area contributed by atoms with Crippen molar-refractivity contribution in [3.05, 3.63) is 18.1 Å². The lowest BCUT2D eigenvalue weighted by Gasteiger charge is -2.34. The molecule has 1 amide bonds. The molecule has 0 radical (unpaired) electrons. The van der Waals surface area contributed by atoms with Gasteiger partial charge in [-0.1, -0.05) is 0 Å². The number of aromatic nitrogens is 2. The van der Waals surface area contributed by atoms with Crippen LogP contribution in [0.15, 0.2) is 12.4 Å². The first-order valence-corrected chi connectivity index (χ1v) is 8.78. The number of carbonyl (C=O) groups is 1. The molecule has 0 aliphatic carbocycles. The molecule has 1 unspecified atom stereocenters. The standard InChI is InChI=1S/C18H29N3O4/c1-18(2,3)25-17(22)21-10-5-6-14(12-21)7-11-24-13-15-16(23-4)20-9-8-19-15/h8-9,14H,5-7,10-13H2,1-4H3. The Hall–Kier alpha value is -1.89. The first-order chi connectivity index (χ1) is 11.9. The number of carbonyl (C=O) groups excluding carboxylic acids is 1. The van der Waals surface area contributed by atoms with Gasteiger partial charge in [-0.15, -0.1) is 0 Å². The normalized spacial score (nSPS) is 18.1. The Bertz CT molecular complexity index is 559. The Balaban J connectivity index is 1.73. The molecule has 7 nitrogen and oxygen atoms in total. The van der Waals surface area contributed by atoms with Crippen LogP contribution in [-0.2, 0) is 16.1 Å². The fourth-order valence-electron chi connectivity index (χ4n) is 2.84. The van der Waals surface area contributed by atoms with E-state index in [4.69, 9.17) is 14.2 Å².